The molecule has 2 amide bonds. The third kappa shape index (κ3) is 7.68. The summed E-state index contributed by atoms with van der Waals surface area (Å²) in [5, 5.41) is 3.63. The quantitative estimate of drug-likeness (QED) is 0.311. The van der Waals surface area contributed by atoms with Gasteiger partial charge in [-0.05, 0) is 80.6 Å². The summed E-state index contributed by atoms with van der Waals surface area (Å²) >= 11 is 6.23. The Hall–Kier alpha value is -3.36. The molecule has 0 aromatic heterocycles. The predicted octanol–water partition coefficient (Wildman–Crippen LogP) is 6.02. The van der Waals surface area contributed by atoms with Crippen molar-refractivity contribution >= 4 is 39.1 Å². The zero-order valence-electron chi connectivity index (χ0n) is 23.8. The van der Waals surface area contributed by atoms with Crippen molar-refractivity contribution in [1.29, 1.82) is 0 Å². The summed E-state index contributed by atoms with van der Waals surface area (Å²) in [6, 6.07) is 19.9. The van der Waals surface area contributed by atoms with E-state index in [1.54, 1.807) is 49.4 Å². The predicted molar refractivity (Wildman–Crippen MR) is 163 cm³/mol. The van der Waals surface area contributed by atoms with Gasteiger partial charge in [-0.15, -0.1) is 0 Å². The first kappa shape index (κ1) is 30.6. The summed E-state index contributed by atoms with van der Waals surface area (Å²) < 4.78 is 29.1. The molecule has 41 heavy (non-hydrogen) atoms. The van der Waals surface area contributed by atoms with E-state index in [4.69, 9.17) is 11.6 Å². The molecule has 1 aliphatic rings. The van der Waals surface area contributed by atoms with Crippen molar-refractivity contribution in [2.45, 2.75) is 76.4 Å². The van der Waals surface area contributed by atoms with Gasteiger partial charge >= 0.3 is 0 Å². The molecular formula is C32H38ClN3O4S. The Bertz CT molecular complexity index is 1470. The molecule has 0 bridgehead atoms. The van der Waals surface area contributed by atoms with E-state index in [0.29, 0.717) is 16.3 Å². The molecule has 1 atom stereocenters. The van der Waals surface area contributed by atoms with Crippen LogP contribution in [0.25, 0.3) is 0 Å². The second-order valence-electron chi connectivity index (χ2n) is 10.8. The van der Waals surface area contributed by atoms with Gasteiger partial charge in [-0.2, -0.15) is 0 Å². The van der Waals surface area contributed by atoms with E-state index in [0.717, 1.165) is 47.5 Å². The number of anilines is 1. The lowest BCUT2D eigenvalue weighted by atomic mass is 9.95. The maximum Gasteiger partial charge on any atom is 0.264 e. The smallest absolute Gasteiger partial charge is 0.264 e. The van der Waals surface area contributed by atoms with Crippen LogP contribution in [-0.4, -0.2) is 43.8 Å². The van der Waals surface area contributed by atoms with Crippen LogP contribution in [-0.2, 0) is 26.2 Å². The largest absolute Gasteiger partial charge is 0.352 e. The molecule has 3 aromatic carbocycles. The van der Waals surface area contributed by atoms with E-state index in [9.17, 15) is 18.0 Å². The number of aryl methyl sites for hydroxylation is 2. The Kier molecular flexibility index (Phi) is 10.1. The normalized spacial score (nSPS) is 14.7. The Balaban J connectivity index is 1.70. The van der Waals surface area contributed by atoms with E-state index >= 15 is 0 Å². The maximum atomic E-state index is 14.1. The molecule has 0 saturated heterocycles. The Labute approximate surface area is 248 Å². The average Bonchev–Trinajstić information content (AvgIpc) is 2.96. The van der Waals surface area contributed by atoms with Gasteiger partial charge in [0.2, 0.25) is 11.8 Å². The second kappa shape index (κ2) is 13.5. The SMILES string of the molecule is Cc1ccc(C)c(N(CC(=O)N(Cc2cccc(Cl)c2)[C@H](C)C(=O)NC2CCCCC2)S(=O)(=O)c2ccccc2)c1. The molecule has 0 aliphatic heterocycles. The van der Waals surface area contributed by atoms with Crippen molar-refractivity contribution in [1.82, 2.24) is 10.2 Å². The summed E-state index contributed by atoms with van der Waals surface area (Å²) in [4.78, 5) is 29.1. The van der Waals surface area contributed by atoms with Crippen LogP contribution in [0.15, 0.2) is 77.7 Å². The molecule has 1 aliphatic carbocycles. The summed E-state index contributed by atoms with van der Waals surface area (Å²) in [6.07, 6.45) is 5.11. The Morgan fingerprint density at radius 3 is 2.34 bits per heavy atom. The number of sulfonamides is 1. The van der Waals surface area contributed by atoms with E-state index in [-0.39, 0.29) is 23.4 Å². The number of halogens is 1. The molecule has 1 saturated carbocycles. The fourth-order valence-electron chi connectivity index (χ4n) is 5.20. The number of hydrogen-bond donors (Lipinski definition) is 1. The van der Waals surface area contributed by atoms with Crippen LogP contribution < -0.4 is 9.62 Å². The van der Waals surface area contributed by atoms with Crippen LogP contribution in [0.2, 0.25) is 5.02 Å². The van der Waals surface area contributed by atoms with Gasteiger partial charge < -0.3 is 10.2 Å². The fourth-order valence-corrected chi connectivity index (χ4v) is 6.91. The van der Waals surface area contributed by atoms with E-state index in [1.807, 2.05) is 32.0 Å². The van der Waals surface area contributed by atoms with Gasteiger partial charge in [0.05, 0.1) is 10.6 Å². The van der Waals surface area contributed by atoms with Gasteiger partial charge in [0.1, 0.15) is 12.6 Å². The fraction of sp³-hybridized carbons (Fsp3) is 0.375. The van der Waals surface area contributed by atoms with Crippen LogP contribution in [0.3, 0.4) is 0 Å². The van der Waals surface area contributed by atoms with Crippen molar-refractivity contribution in [2.75, 3.05) is 10.8 Å². The van der Waals surface area contributed by atoms with Crippen LogP contribution >= 0.6 is 11.6 Å². The lowest BCUT2D eigenvalue weighted by Crippen LogP contribution is -2.53. The molecule has 218 valence electrons. The lowest BCUT2D eigenvalue weighted by Gasteiger charge is -2.33. The number of rotatable bonds is 10. The Morgan fingerprint density at radius 1 is 0.951 bits per heavy atom. The first-order chi connectivity index (χ1) is 19.6. The van der Waals surface area contributed by atoms with Gasteiger partial charge in [0.15, 0.2) is 0 Å². The molecule has 0 radical (unpaired) electrons. The monoisotopic (exact) mass is 595 g/mol. The molecule has 3 aromatic rings. The van der Waals surface area contributed by atoms with Crippen molar-refractivity contribution in [2.24, 2.45) is 0 Å². The number of amides is 2. The maximum absolute atomic E-state index is 14.1. The molecule has 4 rings (SSSR count). The molecular weight excluding hydrogens is 558 g/mol. The third-order valence-electron chi connectivity index (χ3n) is 7.60. The van der Waals surface area contributed by atoms with Gasteiger partial charge in [-0.1, -0.05) is 73.3 Å². The molecule has 7 nitrogen and oxygen atoms in total. The van der Waals surface area contributed by atoms with Crippen molar-refractivity contribution in [3.63, 3.8) is 0 Å². The minimum absolute atomic E-state index is 0.0757. The number of benzene rings is 3. The number of carbonyl (C=O) groups excluding carboxylic acids is 2. The van der Waals surface area contributed by atoms with E-state index < -0.39 is 28.5 Å². The second-order valence-corrected chi connectivity index (χ2v) is 13.1. The van der Waals surface area contributed by atoms with Crippen molar-refractivity contribution < 1.29 is 18.0 Å². The summed E-state index contributed by atoms with van der Waals surface area (Å²) in [7, 11) is -4.11. The number of carbonyl (C=O) groups is 2. The van der Waals surface area contributed by atoms with Crippen molar-refractivity contribution in [3.8, 4) is 0 Å². The van der Waals surface area contributed by atoms with Crippen LogP contribution in [0.4, 0.5) is 5.69 Å². The first-order valence-electron chi connectivity index (χ1n) is 14.1. The Morgan fingerprint density at radius 2 is 1.66 bits per heavy atom. The number of hydrogen-bond acceptors (Lipinski definition) is 4. The topological polar surface area (TPSA) is 86.8 Å². The van der Waals surface area contributed by atoms with Gasteiger partial charge in [0.25, 0.3) is 10.0 Å². The molecule has 0 unspecified atom stereocenters. The van der Waals surface area contributed by atoms with Crippen LogP contribution in [0.5, 0.6) is 0 Å². The summed E-state index contributed by atoms with van der Waals surface area (Å²) in [5.41, 5.74) is 2.74. The van der Waals surface area contributed by atoms with E-state index in [1.165, 1.54) is 17.0 Å². The first-order valence-corrected chi connectivity index (χ1v) is 15.9. The van der Waals surface area contributed by atoms with Crippen molar-refractivity contribution in [3.05, 3.63) is 94.5 Å². The van der Waals surface area contributed by atoms with Crippen LogP contribution in [0, 0.1) is 13.8 Å². The van der Waals surface area contributed by atoms with E-state index in [2.05, 4.69) is 5.32 Å². The average molecular weight is 596 g/mol. The zero-order chi connectivity index (χ0) is 29.6. The number of nitrogens with one attached hydrogen (secondary N) is 1. The highest BCUT2D eigenvalue weighted by atomic mass is 35.5. The highest BCUT2D eigenvalue weighted by Crippen LogP contribution is 2.29. The molecule has 1 fully saturated rings. The standard InChI is InChI=1S/C32H38ClN3O4S/c1-23-17-18-24(2)30(19-23)36(41(39,40)29-15-8-5-9-16-29)22-31(37)35(21-26-11-10-12-27(33)20-26)25(3)32(38)34-28-13-6-4-7-14-28/h5,8-12,15-20,25,28H,4,6-7,13-14,21-22H2,1-3H3,(H,34,38)/t25-/m1/s1. The molecule has 0 spiro atoms. The summed E-state index contributed by atoms with van der Waals surface area (Å²) in [5.74, 6) is -0.742. The van der Waals surface area contributed by atoms with Crippen LogP contribution in [0.1, 0.15) is 55.7 Å². The molecule has 0 heterocycles. The van der Waals surface area contributed by atoms with Gasteiger partial charge in [-0.3, -0.25) is 13.9 Å². The van der Waals surface area contributed by atoms with Gasteiger partial charge in [0, 0.05) is 17.6 Å². The van der Waals surface area contributed by atoms with Gasteiger partial charge in [-0.25, -0.2) is 8.42 Å². The highest BCUT2D eigenvalue weighted by Gasteiger charge is 2.33. The molecule has 9 heteroatoms. The minimum atomic E-state index is -4.11. The molecule has 1 N–H and O–H groups in total. The lowest BCUT2D eigenvalue weighted by molar-refractivity contribution is -0.139. The summed E-state index contributed by atoms with van der Waals surface area (Å²) in [6.45, 7) is 5.01. The third-order valence-corrected chi connectivity index (χ3v) is 9.61. The number of nitrogens with zero attached hydrogens (tertiary/aromatic N) is 2. The minimum Gasteiger partial charge on any atom is -0.352 e. The highest BCUT2D eigenvalue weighted by molar-refractivity contribution is 7.92. The zero-order valence-corrected chi connectivity index (χ0v) is 25.4.